The van der Waals surface area contributed by atoms with E-state index in [2.05, 4.69) is 30.8 Å². The van der Waals surface area contributed by atoms with Crippen molar-refractivity contribution in [1.29, 1.82) is 0 Å². The molecule has 0 bridgehead atoms. The molecule has 0 amide bonds. The summed E-state index contributed by atoms with van der Waals surface area (Å²) >= 11 is 3.60. The van der Waals surface area contributed by atoms with E-state index in [1.54, 1.807) is 12.5 Å². The fourth-order valence-electron chi connectivity index (χ4n) is 4.25. The van der Waals surface area contributed by atoms with E-state index in [9.17, 15) is 10.1 Å². The molecule has 0 aliphatic carbocycles. The number of nitrogens with zero attached hydrogens (tertiary/aromatic N) is 3. The summed E-state index contributed by atoms with van der Waals surface area (Å²) in [5.41, 5.74) is 2.94. The predicted molar refractivity (Wildman–Crippen MR) is 110 cm³/mol. The van der Waals surface area contributed by atoms with Crippen LogP contribution in [0.15, 0.2) is 71.6 Å². The van der Waals surface area contributed by atoms with Gasteiger partial charge in [-0.1, -0.05) is 64.5 Å². The van der Waals surface area contributed by atoms with Crippen LogP contribution in [-0.4, -0.2) is 32.4 Å². The van der Waals surface area contributed by atoms with Crippen molar-refractivity contribution in [2.45, 2.75) is 31.0 Å². The molecule has 2 heterocycles. The molecule has 1 fully saturated rings. The predicted octanol–water partition coefficient (Wildman–Crippen LogP) is 4.55. The second-order valence-corrected chi connectivity index (χ2v) is 7.95. The SMILES string of the molecule is O=[N+]([O-])[C@@H]1[C@@H](c2ccccc2)N(Cc2cnc[nH]2)CC[C@H]1c1ccccc1Br. The Hall–Kier alpha value is -2.51. The van der Waals surface area contributed by atoms with Crippen LogP contribution in [0.2, 0.25) is 0 Å². The fraction of sp³-hybridized carbons (Fsp3) is 0.286. The number of rotatable bonds is 5. The highest BCUT2D eigenvalue weighted by Crippen LogP contribution is 2.43. The number of imidazole rings is 1. The van der Waals surface area contributed by atoms with E-state index >= 15 is 0 Å². The van der Waals surface area contributed by atoms with E-state index in [1.165, 1.54) is 0 Å². The fourth-order valence-corrected chi connectivity index (χ4v) is 4.83. The van der Waals surface area contributed by atoms with Gasteiger partial charge in [0.1, 0.15) is 6.04 Å². The van der Waals surface area contributed by atoms with Gasteiger partial charge in [0.25, 0.3) is 0 Å². The van der Waals surface area contributed by atoms with Crippen LogP contribution in [-0.2, 0) is 6.54 Å². The molecule has 7 heteroatoms. The van der Waals surface area contributed by atoms with Gasteiger partial charge in [-0.3, -0.25) is 15.0 Å². The van der Waals surface area contributed by atoms with Gasteiger partial charge in [-0.25, -0.2) is 4.98 Å². The molecule has 4 rings (SSSR count). The van der Waals surface area contributed by atoms with Crippen LogP contribution in [0, 0.1) is 10.1 Å². The van der Waals surface area contributed by atoms with Crippen molar-refractivity contribution in [1.82, 2.24) is 14.9 Å². The first kappa shape index (κ1) is 18.8. The molecule has 0 radical (unpaired) electrons. The van der Waals surface area contributed by atoms with Crippen molar-refractivity contribution in [2.75, 3.05) is 6.54 Å². The van der Waals surface area contributed by atoms with Crippen molar-refractivity contribution in [3.05, 3.63) is 98.5 Å². The zero-order valence-electron chi connectivity index (χ0n) is 15.2. The van der Waals surface area contributed by atoms with Gasteiger partial charge >= 0.3 is 0 Å². The summed E-state index contributed by atoms with van der Waals surface area (Å²) in [6, 6.07) is 16.6. The minimum absolute atomic E-state index is 0.0963. The smallest absolute Gasteiger partial charge is 0.239 e. The third-order valence-corrected chi connectivity index (χ3v) is 6.20. The molecular formula is C21H21BrN4O2. The Kier molecular flexibility index (Phi) is 5.54. The molecule has 28 heavy (non-hydrogen) atoms. The van der Waals surface area contributed by atoms with Crippen LogP contribution in [0.3, 0.4) is 0 Å². The lowest BCUT2D eigenvalue weighted by molar-refractivity contribution is -0.540. The van der Waals surface area contributed by atoms with E-state index in [-0.39, 0.29) is 16.9 Å². The molecule has 144 valence electrons. The van der Waals surface area contributed by atoms with Crippen LogP contribution in [0.5, 0.6) is 0 Å². The van der Waals surface area contributed by atoms with E-state index in [1.807, 2.05) is 54.6 Å². The molecule has 1 aliphatic rings. The van der Waals surface area contributed by atoms with Crippen LogP contribution in [0.1, 0.15) is 35.2 Å². The standard InChI is InChI=1S/C21H21BrN4O2/c22-19-9-5-4-8-17(19)18-10-11-25(13-16-12-23-14-24-16)20(21(18)26(27)28)15-6-2-1-3-7-15/h1-9,12,14,18,20-21H,10-11,13H2,(H,23,24)/t18-,20+,21-/m0/s1. The van der Waals surface area contributed by atoms with Gasteiger partial charge in [-0.05, 0) is 23.6 Å². The summed E-state index contributed by atoms with van der Waals surface area (Å²) < 4.78 is 0.931. The summed E-state index contributed by atoms with van der Waals surface area (Å²) in [5.74, 6) is -0.159. The number of hydrogen-bond donors (Lipinski definition) is 1. The van der Waals surface area contributed by atoms with Crippen LogP contribution >= 0.6 is 15.9 Å². The van der Waals surface area contributed by atoms with Gasteiger partial charge in [0.05, 0.1) is 12.2 Å². The average Bonchev–Trinajstić information content (AvgIpc) is 3.22. The summed E-state index contributed by atoms with van der Waals surface area (Å²) in [4.78, 5) is 21.6. The van der Waals surface area contributed by atoms with Gasteiger partial charge in [-0.2, -0.15) is 0 Å². The van der Waals surface area contributed by atoms with Crippen molar-refractivity contribution in [3.8, 4) is 0 Å². The van der Waals surface area contributed by atoms with Gasteiger partial charge in [0.15, 0.2) is 0 Å². The molecule has 0 spiro atoms. The highest BCUT2D eigenvalue weighted by atomic mass is 79.9. The second kappa shape index (κ2) is 8.24. The first-order valence-electron chi connectivity index (χ1n) is 9.29. The average molecular weight is 441 g/mol. The second-order valence-electron chi connectivity index (χ2n) is 7.10. The third-order valence-electron chi connectivity index (χ3n) is 5.47. The van der Waals surface area contributed by atoms with Crippen LogP contribution in [0.4, 0.5) is 0 Å². The number of aromatic nitrogens is 2. The number of piperidine rings is 1. The third kappa shape index (κ3) is 3.72. The number of nitrogens with one attached hydrogen (secondary N) is 1. The van der Waals surface area contributed by atoms with Gasteiger partial charge in [-0.15, -0.1) is 0 Å². The molecule has 1 aliphatic heterocycles. The highest BCUT2D eigenvalue weighted by molar-refractivity contribution is 9.10. The number of H-pyrrole nitrogens is 1. The molecule has 0 saturated carbocycles. The minimum atomic E-state index is -0.738. The van der Waals surface area contributed by atoms with Crippen LogP contribution in [0.25, 0.3) is 0 Å². The van der Waals surface area contributed by atoms with Crippen molar-refractivity contribution in [2.24, 2.45) is 0 Å². The van der Waals surface area contributed by atoms with Crippen LogP contribution < -0.4 is 0 Å². The Bertz CT molecular complexity index is 933. The Labute approximate surface area is 171 Å². The summed E-state index contributed by atoms with van der Waals surface area (Å²) in [7, 11) is 0. The summed E-state index contributed by atoms with van der Waals surface area (Å²) in [6.07, 6.45) is 4.15. The number of aromatic amines is 1. The number of nitro groups is 1. The molecule has 6 nitrogen and oxygen atoms in total. The number of hydrogen-bond acceptors (Lipinski definition) is 4. The normalized spacial score (nSPS) is 22.8. The minimum Gasteiger partial charge on any atom is -0.347 e. The monoisotopic (exact) mass is 440 g/mol. The Morgan fingerprint density at radius 2 is 1.93 bits per heavy atom. The lowest BCUT2D eigenvalue weighted by atomic mass is 9.78. The largest absolute Gasteiger partial charge is 0.347 e. The molecular weight excluding hydrogens is 420 g/mol. The van der Waals surface area contributed by atoms with Gasteiger partial charge in [0.2, 0.25) is 6.04 Å². The zero-order valence-corrected chi connectivity index (χ0v) is 16.8. The molecule has 1 N–H and O–H groups in total. The first-order valence-corrected chi connectivity index (χ1v) is 10.1. The highest BCUT2D eigenvalue weighted by Gasteiger charge is 2.47. The molecule has 3 atom stereocenters. The molecule has 1 aromatic heterocycles. The number of halogens is 1. The molecule has 2 aromatic carbocycles. The summed E-state index contributed by atoms with van der Waals surface area (Å²) in [6.45, 7) is 1.38. The Morgan fingerprint density at radius 1 is 1.18 bits per heavy atom. The van der Waals surface area contributed by atoms with Crippen molar-refractivity contribution >= 4 is 15.9 Å². The number of likely N-dealkylation sites (tertiary alicyclic amines) is 1. The Balaban J connectivity index is 1.76. The maximum atomic E-state index is 12.3. The molecule has 0 unspecified atom stereocenters. The summed E-state index contributed by atoms with van der Waals surface area (Å²) in [5, 5.41) is 12.3. The topological polar surface area (TPSA) is 75.1 Å². The van der Waals surface area contributed by atoms with E-state index in [0.29, 0.717) is 6.54 Å². The lowest BCUT2D eigenvalue weighted by Crippen LogP contribution is -2.48. The maximum Gasteiger partial charge on any atom is 0.239 e. The first-order chi connectivity index (χ1) is 13.6. The molecule has 3 aromatic rings. The lowest BCUT2D eigenvalue weighted by Gasteiger charge is -2.41. The van der Waals surface area contributed by atoms with Gasteiger partial charge < -0.3 is 4.98 Å². The number of benzene rings is 2. The quantitative estimate of drug-likeness (QED) is 0.466. The van der Waals surface area contributed by atoms with Gasteiger partial charge in [0, 0.05) is 34.4 Å². The van der Waals surface area contributed by atoms with E-state index in [4.69, 9.17) is 0 Å². The van der Waals surface area contributed by atoms with Crippen molar-refractivity contribution < 1.29 is 4.92 Å². The Morgan fingerprint density at radius 3 is 2.61 bits per heavy atom. The van der Waals surface area contributed by atoms with Crippen molar-refractivity contribution in [3.63, 3.8) is 0 Å². The maximum absolute atomic E-state index is 12.3. The van der Waals surface area contributed by atoms with E-state index in [0.717, 1.165) is 34.3 Å². The van der Waals surface area contributed by atoms with E-state index < -0.39 is 6.04 Å². The zero-order chi connectivity index (χ0) is 19.5. The molecule has 1 saturated heterocycles.